The van der Waals surface area contributed by atoms with E-state index in [1.807, 2.05) is 32.0 Å². The summed E-state index contributed by atoms with van der Waals surface area (Å²) < 4.78 is 1.74. The molecular weight excluding hydrogens is 396 g/mol. The van der Waals surface area contributed by atoms with Gasteiger partial charge in [0.2, 0.25) is 5.91 Å². The average molecular weight is 415 g/mol. The summed E-state index contributed by atoms with van der Waals surface area (Å²) in [5, 5.41) is 12.7. The molecule has 0 spiro atoms. The van der Waals surface area contributed by atoms with Gasteiger partial charge in [-0.2, -0.15) is 5.26 Å². The molecule has 0 unspecified atom stereocenters. The quantitative estimate of drug-likeness (QED) is 0.687. The van der Waals surface area contributed by atoms with Gasteiger partial charge in [0.25, 0.3) is 5.56 Å². The Hall–Kier alpha value is -2.69. The van der Waals surface area contributed by atoms with E-state index in [2.05, 4.69) is 16.4 Å². The summed E-state index contributed by atoms with van der Waals surface area (Å²) >= 11 is 7.25. The van der Waals surface area contributed by atoms with Crippen LogP contribution in [-0.2, 0) is 11.3 Å². The van der Waals surface area contributed by atoms with E-state index in [1.54, 1.807) is 19.1 Å². The van der Waals surface area contributed by atoms with E-state index in [9.17, 15) is 14.9 Å². The Morgan fingerprint density at radius 3 is 2.68 bits per heavy atom. The first kappa shape index (κ1) is 20.1. The van der Waals surface area contributed by atoms with Crippen LogP contribution in [0.3, 0.4) is 0 Å². The van der Waals surface area contributed by atoms with Crippen LogP contribution in [0, 0.1) is 17.2 Å². The van der Waals surface area contributed by atoms with Gasteiger partial charge >= 0.3 is 0 Å². The van der Waals surface area contributed by atoms with Crippen molar-refractivity contribution in [2.45, 2.75) is 32.9 Å². The minimum atomic E-state index is -0.997. The minimum Gasteiger partial charge on any atom is -0.336 e. The zero-order valence-corrected chi connectivity index (χ0v) is 17.3. The van der Waals surface area contributed by atoms with Crippen LogP contribution < -0.4 is 10.9 Å². The van der Waals surface area contributed by atoms with Crippen LogP contribution in [0.1, 0.15) is 20.8 Å². The third-order valence-corrected chi connectivity index (χ3v) is 6.15. The molecule has 0 aliphatic heterocycles. The highest BCUT2D eigenvalue weighted by Crippen LogP contribution is 2.31. The number of thiophene rings is 1. The maximum atomic E-state index is 12.8. The lowest BCUT2D eigenvalue weighted by molar-refractivity contribution is -0.123. The molecule has 2 heterocycles. The molecule has 1 N–H and O–H groups in total. The fourth-order valence-corrected chi connectivity index (χ4v) is 3.79. The molecule has 144 valence electrons. The highest BCUT2D eigenvalue weighted by atomic mass is 35.5. The summed E-state index contributed by atoms with van der Waals surface area (Å²) in [6.45, 7) is 5.18. The molecule has 0 aliphatic carbocycles. The molecule has 8 heteroatoms. The highest BCUT2D eigenvalue weighted by Gasteiger charge is 2.30. The third kappa shape index (κ3) is 3.93. The third-order valence-electron chi connectivity index (χ3n) is 4.73. The number of benzene rings is 1. The Bertz CT molecular complexity index is 1130. The largest absolute Gasteiger partial charge is 0.336 e. The smallest absolute Gasteiger partial charge is 0.271 e. The first-order valence-corrected chi connectivity index (χ1v) is 9.90. The molecule has 0 bridgehead atoms. The summed E-state index contributed by atoms with van der Waals surface area (Å²) in [4.78, 5) is 30.4. The summed E-state index contributed by atoms with van der Waals surface area (Å²) in [5.74, 6) is -0.478. The molecule has 0 fully saturated rings. The van der Waals surface area contributed by atoms with Crippen molar-refractivity contribution in [3.63, 3.8) is 0 Å². The number of carbonyl (C=O) groups is 1. The first-order valence-electron chi connectivity index (χ1n) is 8.70. The van der Waals surface area contributed by atoms with Crippen LogP contribution in [0.25, 0.3) is 20.7 Å². The van der Waals surface area contributed by atoms with Crippen molar-refractivity contribution in [3.05, 3.63) is 52.0 Å². The van der Waals surface area contributed by atoms with E-state index in [4.69, 9.17) is 11.6 Å². The lowest BCUT2D eigenvalue weighted by Crippen LogP contribution is -2.50. The van der Waals surface area contributed by atoms with Gasteiger partial charge in [-0.05, 0) is 36.6 Å². The van der Waals surface area contributed by atoms with Crippen molar-refractivity contribution >= 4 is 39.1 Å². The van der Waals surface area contributed by atoms with Crippen molar-refractivity contribution in [2.24, 2.45) is 5.92 Å². The molecule has 1 amide bonds. The van der Waals surface area contributed by atoms with Crippen LogP contribution in [0.15, 0.2) is 41.5 Å². The van der Waals surface area contributed by atoms with Gasteiger partial charge < -0.3 is 5.32 Å². The Morgan fingerprint density at radius 1 is 1.39 bits per heavy atom. The number of fused-ring (bicyclic) bond motifs is 1. The molecule has 0 aliphatic rings. The molecule has 0 radical (unpaired) electrons. The lowest BCUT2D eigenvalue weighted by Gasteiger charge is -2.27. The van der Waals surface area contributed by atoms with Crippen LogP contribution in [0.2, 0.25) is 5.02 Å². The number of nitrogens with zero attached hydrogens (tertiary/aromatic N) is 3. The number of halogens is 1. The molecule has 2 aromatic heterocycles. The number of nitrogens with one attached hydrogen (secondary N) is 1. The standard InChI is InChI=1S/C20H19ClN4O2S/c1-12(2)20(3,10-22)24-17(26)9-25-11-23-15-8-16(28-18(15)19(25)27)13-4-6-14(21)7-5-13/h4-8,11-12H,9H2,1-3H3,(H,24,26)/t20-/m0/s1. The first-order chi connectivity index (χ1) is 13.2. The van der Waals surface area contributed by atoms with Gasteiger partial charge in [-0.25, -0.2) is 4.98 Å². The van der Waals surface area contributed by atoms with Crippen LogP contribution >= 0.6 is 22.9 Å². The molecule has 3 rings (SSSR count). The zero-order chi connectivity index (χ0) is 20.5. The van der Waals surface area contributed by atoms with Crippen LogP contribution in [0.5, 0.6) is 0 Å². The molecule has 0 saturated heterocycles. The van der Waals surface area contributed by atoms with Crippen molar-refractivity contribution in [1.29, 1.82) is 5.26 Å². The zero-order valence-electron chi connectivity index (χ0n) is 15.7. The van der Waals surface area contributed by atoms with Crippen LogP contribution in [0.4, 0.5) is 0 Å². The number of rotatable bonds is 5. The second kappa shape index (κ2) is 7.74. The van der Waals surface area contributed by atoms with Gasteiger partial charge in [0.15, 0.2) is 0 Å². The van der Waals surface area contributed by atoms with Crippen molar-refractivity contribution in [2.75, 3.05) is 0 Å². The Kier molecular flexibility index (Phi) is 5.54. The van der Waals surface area contributed by atoms with Gasteiger partial charge in [0.05, 0.1) is 17.9 Å². The monoisotopic (exact) mass is 414 g/mol. The van der Waals surface area contributed by atoms with Crippen molar-refractivity contribution < 1.29 is 4.79 Å². The Morgan fingerprint density at radius 2 is 2.07 bits per heavy atom. The normalized spacial score (nSPS) is 13.3. The summed E-state index contributed by atoms with van der Waals surface area (Å²) in [6, 6.07) is 11.3. The predicted octanol–water partition coefficient (Wildman–Crippen LogP) is 3.83. The SMILES string of the molecule is CC(C)[C@](C)(C#N)NC(=O)Cn1cnc2cc(-c3ccc(Cl)cc3)sc2c1=O. The molecule has 6 nitrogen and oxygen atoms in total. The van der Waals surface area contributed by atoms with Gasteiger partial charge in [-0.3, -0.25) is 14.2 Å². The molecule has 0 saturated carbocycles. The number of hydrogen-bond acceptors (Lipinski definition) is 5. The topological polar surface area (TPSA) is 87.8 Å². The average Bonchev–Trinajstić information content (AvgIpc) is 3.09. The summed E-state index contributed by atoms with van der Waals surface area (Å²) in [5.41, 5.74) is 0.246. The molecule has 3 aromatic rings. The van der Waals surface area contributed by atoms with Gasteiger partial charge in [-0.15, -0.1) is 11.3 Å². The number of nitriles is 1. The van der Waals surface area contributed by atoms with E-state index >= 15 is 0 Å². The van der Waals surface area contributed by atoms with E-state index in [0.29, 0.717) is 15.2 Å². The Labute approximate surface area is 171 Å². The fourth-order valence-electron chi connectivity index (χ4n) is 2.60. The summed E-state index contributed by atoms with van der Waals surface area (Å²) in [7, 11) is 0. The lowest BCUT2D eigenvalue weighted by atomic mass is 9.90. The number of aromatic nitrogens is 2. The maximum absolute atomic E-state index is 12.8. The second-order valence-electron chi connectivity index (χ2n) is 7.03. The number of amides is 1. The minimum absolute atomic E-state index is 0.0713. The van der Waals surface area contributed by atoms with Gasteiger partial charge in [0, 0.05) is 9.90 Å². The van der Waals surface area contributed by atoms with Crippen molar-refractivity contribution in [1.82, 2.24) is 14.9 Å². The predicted molar refractivity (Wildman–Crippen MR) is 111 cm³/mol. The van der Waals surface area contributed by atoms with E-state index in [-0.39, 0.29) is 18.0 Å². The summed E-state index contributed by atoms with van der Waals surface area (Å²) in [6.07, 6.45) is 1.36. The van der Waals surface area contributed by atoms with E-state index < -0.39 is 11.4 Å². The maximum Gasteiger partial charge on any atom is 0.271 e. The highest BCUT2D eigenvalue weighted by molar-refractivity contribution is 7.22. The molecule has 28 heavy (non-hydrogen) atoms. The van der Waals surface area contributed by atoms with E-state index in [1.165, 1.54) is 22.2 Å². The second-order valence-corrected chi connectivity index (χ2v) is 8.52. The van der Waals surface area contributed by atoms with Crippen molar-refractivity contribution in [3.8, 4) is 16.5 Å². The van der Waals surface area contributed by atoms with Gasteiger partial charge in [0.1, 0.15) is 16.8 Å². The van der Waals surface area contributed by atoms with Gasteiger partial charge in [-0.1, -0.05) is 37.6 Å². The number of hydrogen-bond donors (Lipinski definition) is 1. The number of carbonyl (C=O) groups excluding carboxylic acids is 1. The van der Waals surface area contributed by atoms with E-state index in [0.717, 1.165) is 10.4 Å². The molecule has 1 aromatic carbocycles. The Balaban J connectivity index is 1.88. The molecular formula is C20H19ClN4O2S. The fraction of sp³-hybridized carbons (Fsp3) is 0.300. The molecule has 1 atom stereocenters. The van der Waals surface area contributed by atoms with Crippen LogP contribution in [-0.4, -0.2) is 21.0 Å².